The predicted octanol–water partition coefficient (Wildman–Crippen LogP) is 3.82. The molecule has 0 fully saturated rings. The second-order valence-electron chi connectivity index (χ2n) is 4.36. The van der Waals surface area contributed by atoms with Crippen molar-refractivity contribution < 1.29 is 0 Å². The van der Waals surface area contributed by atoms with Gasteiger partial charge in [-0.3, -0.25) is 4.40 Å². The van der Waals surface area contributed by atoms with Crippen LogP contribution in [-0.4, -0.2) is 19.6 Å². The van der Waals surface area contributed by atoms with Crippen LogP contribution in [0.25, 0.3) is 17.0 Å². The van der Waals surface area contributed by atoms with Gasteiger partial charge >= 0.3 is 0 Å². The van der Waals surface area contributed by atoms with E-state index in [0.717, 1.165) is 27.2 Å². The van der Waals surface area contributed by atoms with Crippen LogP contribution in [0.15, 0.2) is 28.7 Å². The van der Waals surface area contributed by atoms with Crippen molar-refractivity contribution in [1.82, 2.24) is 19.6 Å². The fourth-order valence-electron chi connectivity index (χ4n) is 2.10. The summed E-state index contributed by atoms with van der Waals surface area (Å²) >= 11 is 9.43. The maximum absolute atomic E-state index is 5.93. The maximum atomic E-state index is 5.93. The van der Waals surface area contributed by atoms with Gasteiger partial charge in [0.05, 0.1) is 0 Å². The Morgan fingerprint density at radius 1 is 1.11 bits per heavy atom. The molecule has 0 unspecified atom stereocenters. The molecule has 0 saturated heterocycles. The number of fused-ring (bicyclic) bond motifs is 1. The molecule has 19 heavy (non-hydrogen) atoms. The van der Waals surface area contributed by atoms with Crippen molar-refractivity contribution >= 4 is 33.2 Å². The molecular formula is C13H10BrClN4. The zero-order valence-electron chi connectivity index (χ0n) is 10.4. The molecule has 96 valence electrons. The molecule has 3 aromatic rings. The van der Waals surface area contributed by atoms with Crippen LogP contribution >= 0.6 is 27.5 Å². The van der Waals surface area contributed by atoms with Gasteiger partial charge in [0.25, 0.3) is 0 Å². The van der Waals surface area contributed by atoms with E-state index in [0.29, 0.717) is 10.8 Å². The van der Waals surface area contributed by atoms with Crippen LogP contribution in [0.2, 0.25) is 5.15 Å². The highest BCUT2D eigenvalue weighted by atomic mass is 79.9. The summed E-state index contributed by atoms with van der Waals surface area (Å²) in [5.41, 5.74) is 2.84. The van der Waals surface area contributed by atoms with E-state index in [2.05, 4.69) is 43.2 Å². The number of rotatable bonds is 1. The minimum atomic E-state index is 0.425. The topological polar surface area (TPSA) is 43.1 Å². The Morgan fingerprint density at radius 3 is 2.63 bits per heavy atom. The normalized spacial score (nSPS) is 11.2. The second-order valence-corrected chi connectivity index (χ2v) is 5.66. The van der Waals surface area contributed by atoms with Crippen molar-refractivity contribution in [3.8, 4) is 11.4 Å². The van der Waals surface area contributed by atoms with Gasteiger partial charge in [-0.2, -0.15) is 0 Å². The van der Waals surface area contributed by atoms with E-state index in [1.807, 2.05) is 24.3 Å². The third kappa shape index (κ3) is 2.24. The smallest absolute Gasteiger partial charge is 0.169 e. The van der Waals surface area contributed by atoms with Crippen LogP contribution in [0.3, 0.4) is 0 Å². The van der Waals surface area contributed by atoms with E-state index in [1.54, 1.807) is 6.07 Å². The van der Waals surface area contributed by atoms with Gasteiger partial charge in [0.15, 0.2) is 11.5 Å². The number of nitrogens with zero attached hydrogens (tertiary/aromatic N) is 4. The van der Waals surface area contributed by atoms with Crippen LogP contribution in [0.5, 0.6) is 0 Å². The van der Waals surface area contributed by atoms with E-state index < -0.39 is 0 Å². The number of hydrogen-bond acceptors (Lipinski definition) is 3. The summed E-state index contributed by atoms with van der Waals surface area (Å²) in [7, 11) is 0. The molecule has 4 nitrogen and oxygen atoms in total. The molecule has 6 heteroatoms. The molecule has 0 N–H and O–H groups in total. The van der Waals surface area contributed by atoms with Gasteiger partial charge in [-0.1, -0.05) is 27.5 Å². The fraction of sp³-hybridized carbons (Fsp3) is 0.154. The third-order valence-corrected chi connectivity index (χ3v) is 3.48. The van der Waals surface area contributed by atoms with E-state index >= 15 is 0 Å². The highest BCUT2D eigenvalue weighted by molar-refractivity contribution is 9.10. The van der Waals surface area contributed by atoms with E-state index in [1.165, 1.54) is 0 Å². The molecule has 0 aliphatic heterocycles. The first-order chi connectivity index (χ1) is 9.04. The number of hydrogen-bond donors (Lipinski definition) is 0. The zero-order valence-corrected chi connectivity index (χ0v) is 12.7. The fourth-order valence-corrected chi connectivity index (χ4v) is 2.93. The molecule has 0 saturated carbocycles. The largest absolute Gasteiger partial charge is 0.263 e. The van der Waals surface area contributed by atoms with Gasteiger partial charge in [-0.15, -0.1) is 10.2 Å². The van der Waals surface area contributed by atoms with Crippen LogP contribution in [-0.2, 0) is 0 Å². The zero-order chi connectivity index (χ0) is 13.6. The maximum Gasteiger partial charge on any atom is 0.169 e. The molecule has 0 spiro atoms. The second kappa shape index (κ2) is 4.58. The lowest BCUT2D eigenvalue weighted by Crippen LogP contribution is -1.98. The van der Waals surface area contributed by atoms with Crippen LogP contribution in [0.1, 0.15) is 11.4 Å². The van der Waals surface area contributed by atoms with Crippen molar-refractivity contribution in [2.45, 2.75) is 13.8 Å². The first-order valence-electron chi connectivity index (χ1n) is 5.70. The Hall–Kier alpha value is -1.46. The van der Waals surface area contributed by atoms with E-state index in [4.69, 9.17) is 11.6 Å². The molecule has 2 heterocycles. The summed E-state index contributed by atoms with van der Waals surface area (Å²) in [5.74, 6) is 1.53. The Morgan fingerprint density at radius 2 is 1.89 bits per heavy atom. The van der Waals surface area contributed by atoms with Crippen molar-refractivity contribution in [1.29, 1.82) is 0 Å². The van der Waals surface area contributed by atoms with Gasteiger partial charge in [-0.25, -0.2) is 4.98 Å². The van der Waals surface area contributed by atoms with Crippen LogP contribution < -0.4 is 0 Å². The first-order valence-corrected chi connectivity index (χ1v) is 6.87. The highest BCUT2D eigenvalue weighted by Crippen LogP contribution is 2.25. The van der Waals surface area contributed by atoms with Gasteiger partial charge in [0.1, 0.15) is 11.0 Å². The van der Waals surface area contributed by atoms with Gasteiger partial charge in [0, 0.05) is 16.1 Å². The molecule has 1 aromatic carbocycles. The average Bonchev–Trinajstić information content (AvgIpc) is 2.71. The summed E-state index contributed by atoms with van der Waals surface area (Å²) in [6, 6.07) is 7.83. The van der Waals surface area contributed by atoms with E-state index in [9.17, 15) is 0 Å². The Kier molecular flexibility index (Phi) is 3.03. The van der Waals surface area contributed by atoms with Crippen molar-refractivity contribution in [3.63, 3.8) is 0 Å². The third-order valence-electron chi connectivity index (χ3n) is 2.83. The molecule has 0 radical (unpaired) electrons. The van der Waals surface area contributed by atoms with Crippen LogP contribution in [0.4, 0.5) is 0 Å². The predicted molar refractivity (Wildman–Crippen MR) is 78.4 cm³/mol. The first kappa shape index (κ1) is 12.6. The lowest BCUT2D eigenvalue weighted by Gasteiger charge is -2.05. The van der Waals surface area contributed by atoms with Crippen LogP contribution in [0, 0.1) is 13.8 Å². The standard InChI is InChI=1S/C13H10BrClN4/c1-7-3-9(5-10(14)4-7)13-18-17-12-6-11(15)16-8(2)19(12)13/h3-6H,1-2H3. The Balaban J connectivity index is 2.31. The number of halogens is 2. The van der Waals surface area contributed by atoms with Gasteiger partial charge in [-0.05, 0) is 37.6 Å². The quantitative estimate of drug-likeness (QED) is 0.634. The summed E-state index contributed by atoms with van der Waals surface area (Å²) in [6.45, 7) is 3.93. The summed E-state index contributed by atoms with van der Waals surface area (Å²) in [6.07, 6.45) is 0. The molecule has 3 rings (SSSR count). The minimum Gasteiger partial charge on any atom is -0.263 e. The molecule has 0 aliphatic rings. The number of aryl methyl sites for hydroxylation is 2. The number of benzene rings is 1. The monoisotopic (exact) mass is 336 g/mol. The molecule has 0 bridgehead atoms. The van der Waals surface area contributed by atoms with Crippen molar-refractivity contribution in [2.75, 3.05) is 0 Å². The van der Waals surface area contributed by atoms with Crippen molar-refractivity contribution in [3.05, 3.63) is 45.3 Å². The molecule has 0 atom stereocenters. The lowest BCUT2D eigenvalue weighted by molar-refractivity contribution is 0.988. The van der Waals surface area contributed by atoms with Crippen molar-refractivity contribution in [2.24, 2.45) is 0 Å². The Bertz CT molecular complexity index is 761. The molecule has 0 aliphatic carbocycles. The minimum absolute atomic E-state index is 0.425. The molecule has 0 amide bonds. The Labute approximate surface area is 123 Å². The molecular weight excluding hydrogens is 328 g/mol. The highest BCUT2D eigenvalue weighted by Gasteiger charge is 2.12. The lowest BCUT2D eigenvalue weighted by atomic mass is 10.1. The summed E-state index contributed by atoms with van der Waals surface area (Å²) < 4.78 is 2.91. The SMILES string of the molecule is Cc1cc(Br)cc(-c2nnc3cc(Cl)nc(C)n23)c1. The van der Waals surface area contributed by atoms with E-state index in [-0.39, 0.29) is 0 Å². The van der Waals surface area contributed by atoms with Gasteiger partial charge in [0.2, 0.25) is 0 Å². The number of aromatic nitrogens is 4. The molecule has 2 aromatic heterocycles. The summed E-state index contributed by atoms with van der Waals surface area (Å²) in [4.78, 5) is 4.24. The summed E-state index contributed by atoms with van der Waals surface area (Å²) in [5, 5.41) is 8.82. The average molecular weight is 338 g/mol. The van der Waals surface area contributed by atoms with Gasteiger partial charge < -0.3 is 0 Å².